The lowest BCUT2D eigenvalue weighted by Gasteiger charge is -2.16. The average Bonchev–Trinajstić information content (AvgIpc) is 2.58. The van der Waals surface area contributed by atoms with E-state index in [9.17, 15) is 13.2 Å². The number of hydrogen-bond donors (Lipinski definition) is 1. The Morgan fingerprint density at radius 3 is 2.17 bits per heavy atom. The van der Waals surface area contributed by atoms with Crippen molar-refractivity contribution in [1.82, 2.24) is 4.98 Å². The van der Waals surface area contributed by atoms with Crippen molar-refractivity contribution >= 4 is 5.69 Å². The Balaban J connectivity index is 2.17. The van der Waals surface area contributed by atoms with Crippen LogP contribution in [0.2, 0.25) is 0 Å². The predicted molar refractivity (Wildman–Crippen MR) is 82.7 cm³/mol. The third-order valence-corrected chi connectivity index (χ3v) is 3.32. The minimum absolute atomic E-state index is 0.316. The van der Waals surface area contributed by atoms with Gasteiger partial charge in [-0.2, -0.15) is 13.2 Å². The molecular formula is C16H17F3N2O3. The van der Waals surface area contributed by atoms with Crippen molar-refractivity contribution in [2.45, 2.75) is 12.7 Å². The van der Waals surface area contributed by atoms with Gasteiger partial charge in [-0.3, -0.25) is 0 Å². The van der Waals surface area contributed by atoms with Crippen LogP contribution in [-0.4, -0.2) is 26.3 Å². The van der Waals surface area contributed by atoms with Crippen LogP contribution in [0.5, 0.6) is 17.2 Å². The number of rotatable bonds is 6. The van der Waals surface area contributed by atoms with E-state index in [0.29, 0.717) is 29.5 Å². The van der Waals surface area contributed by atoms with Crippen LogP contribution in [-0.2, 0) is 12.7 Å². The Bertz CT molecular complexity index is 688. The first kappa shape index (κ1) is 17.7. The van der Waals surface area contributed by atoms with E-state index in [1.807, 2.05) is 0 Å². The van der Waals surface area contributed by atoms with Gasteiger partial charge in [0.25, 0.3) is 0 Å². The highest BCUT2D eigenvalue weighted by molar-refractivity contribution is 5.56. The van der Waals surface area contributed by atoms with Gasteiger partial charge in [0.1, 0.15) is 5.69 Å². The summed E-state index contributed by atoms with van der Waals surface area (Å²) in [6.07, 6.45) is -3.32. The molecule has 0 saturated heterocycles. The number of methoxy groups -OCH3 is 3. The summed E-state index contributed by atoms with van der Waals surface area (Å²) < 4.78 is 53.3. The lowest BCUT2D eigenvalue weighted by Crippen LogP contribution is -2.08. The molecule has 0 saturated carbocycles. The maximum Gasteiger partial charge on any atom is 0.433 e. The first-order valence-electron chi connectivity index (χ1n) is 6.95. The molecule has 1 N–H and O–H groups in total. The van der Waals surface area contributed by atoms with Gasteiger partial charge >= 0.3 is 6.18 Å². The molecule has 0 radical (unpaired) electrons. The van der Waals surface area contributed by atoms with Gasteiger partial charge in [0, 0.05) is 12.1 Å². The van der Waals surface area contributed by atoms with Gasteiger partial charge in [-0.1, -0.05) is 0 Å². The maximum atomic E-state index is 12.5. The predicted octanol–water partition coefficient (Wildman–Crippen LogP) is 3.74. The zero-order valence-corrected chi connectivity index (χ0v) is 13.4. The number of benzene rings is 1. The Morgan fingerprint density at radius 2 is 1.67 bits per heavy atom. The average molecular weight is 342 g/mol. The van der Waals surface area contributed by atoms with Crippen LogP contribution in [0.3, 0.4) is 0 Å². The number of hydrogen-bond acceptors (Lipinski definition) is 5. The molecule has 0 atom stereocenters. The summed E-state index contributed by atoms with van der Waals surface area (Å²) in [7, 11) is 4.51. The number of alkyl halides is 3. The molecule has 0 amide bonds. The van der Waals surface area contributed by atoms with Crippen LogP contribution >= 0.6 is 0 Å². The van der Waals surface area contributed by atoms with Crippen LogP contribution in [0.1, 0.15) is 11.3 Å². The summed E-state index contributed by atoms with van der Waals surface area (Å²) in [6.45, 7) is 0.316. The van der Waals surface area contributed by atoms with Crippen molar-refractivity contribution in [2.24, 2.45) is 0 Å². The number of nitrogens with one attached hydrogen (secondary N) is 1. The maximum absolute atomic E-state index is 12.5. The Morgan fingerprint density at radius 1 is 0.958 bits per heavy atom. The second-order valence-electron chi connectivity index (χ2n) is 4.78. The van der Waals surface area contributed by atoms with Gasteiger partial charge in [0.05, 0.1) is 33.2 Å². The second kappa shape index (κ2) is 7.29. The number of nitrogens with zero attached hydrogens (tertiary/aromatic N) is 1. The van der Waals surface area contributed by atoms with Crippen LogP contribution in [0.25, 0.3) is 0 Å². The van der Waals surface area contributed by atoms with E-state index in [1.165, 1.54) is 27.4 Å². The molecule has 1 aromatic heterocycles. The molecule has 0 aliphatic carbocycles. The van der Waals surface area contributed by atoms with Crippen molar-refractivity contribution in [3.8, 4) is 17.2 Å². The van der Waals surface area contributed by atoms with Crippen molar-refractivity contribution < 1.29 is 27.4 Å². The summed E-state index contributed by atoms with van der Waals surface area (Å²) in [6, 6.07) is 5.76. The molecule has 2 aromatic rings. The first-order chi connectivity index (χ1) is 11.4. The SMILES string of the molecule is COc1ccc(CNc2ccc(C(F)(F)F)nc2)c(OC)c1OC. The zero-order chi connectivity index (χ0) is 17.7. The molecule has 0 spiro atoms. The second-order valence-corrected chi connectivity index (χ2v) is 4.78. The number of aromatic nitrogens is 1. The summed E-state index contributed by atoms with van der Waals surface area (Å²) in [5.41, 5.74) is 0.284. The highest BCUT2D eigenvalue weighted by atomic mass is 19.4. The number of pyridine rings is 1. The summed E-state index contributed by atoms with van der Waals surface area (Å²) in [4.78, 5) is 3.40. The van der Waals surface area contributed by atoms with Crippen molar-refractivity contribution in [1.29, 1.82) is 0 Å². The molecular weight excluding hydrogens is 325 g/mol. The molecule has 0 bridgehead atoms. The highest BCUT2D eigenvalue weighted by Crippen LogP contribution is 2.40. The van der Waals surface area contributed by atoms with E-state index in [-0.39, 0.29) is 0 Å². The first-order valence-corrected chi connectivity index (χ1v) is 6.95. The molecule has 0 aliphatic rings. The van der Waals surface area contributed by atoms with Gasteiger partial charge in [-0.15, -0.1) is 0 Å². The van der Waals surface area contributed by atoms with E-state index < -0.39 is 11.9 Å². The van der Waals surface area contributed by atoms with E-state index in [1.54, 1.807) is 12.1 Å². The molecule has 0 aliphatic heterocycles. The summed E-state index contributed by atoms with van der Waals surface area (Å²) in [5, 5.41) is 3.00. The van der Waals surface area contributed by atoms with Gasteiger partial charge in [-0.05, 0) is 24.3 Å². The largest absolute Gasteiger partial charge is 0.493 e. The molecule has 2 rings (SSSR count). The Kier molecular flexibility index (Phi) is 5.38. The highest BCUT2D eigenvalue weighted by Gasteiger charge is 2.32. The van der Waals surface area contributed by atoms with Gasteiger partial charge in [-0.25, -0.2) is 4.98 Å². The van der Waals surface area contributed by atoms with Crippen LogP contribution in [0.4, 0.5) is 18.9 Å². The molecule has 0 unspecified atom stereocenters. The van der Waals surface area contributed by atoms with Crippen molar-refractivity contribution in [3.63, 3.8) is 0 Å². The summed E-state index contributed by atoms with van der Waals surface area (Å²) >= 11 is 0. The standard InChI is InChI=1S/C16H17F3N2O3/c1-22-12-6-4-10(14(23-2)15(12)24-3)8-20-11-5-7-13(21-9-11)16(17,18)19/h4-7,9,20H,8H2,1-3H3. The molecule has 1 heterocycles. The van der Waals surface area contributed by atoms with Crippen molar-refractivity contribution in [3.05, 3.63) is 41.7 Å². The lowest BCUT2D eigenvalue weighted by atomic mass is 10.1. The topological polar surface area (TPSA) is 52.6 Å². The van der Waals surface area contributed by atoms with Gasteiger partial charge < -0.3 is 19.5 Å². The van der Waals surface area contributed by atoms with Crippen LogP contribution in [0.15, 0.2) is 30.5 Å². The lowest BCUT2D eigenvalue weighted by molar-refractivity contribution is -0.141. The third kappa shape index (κ3) is 3.81. The number of halogens is 3. The minimum atomic E-state index is -4.45. The smallest absolute Gasteiger partial charge is 0.433 e. The Hall–Kier alpha value is -2.64. The number of ether oxygens (including phenoxy) is 3. The van der Waals surface area contributed by atoms with Crippen molar-refractivity contribution in [2.75, 3.05) is 26.6 Å². The van der Waals surface area contributed by atoms with E-state index in [0.717, 1.165) is 17.8 Å². The molecule has 130 valence electrons. The number of anilines is 1. The molecule has 0 fully saturated rings. The Labute approximate surface area is 137 Å². The van der Waals surface area contributed by atoms with E-state index in [4.69, 9.17) is 14.2 Å². The van der Waals surface area contributed by atoms with Gasteiger partial charge in [0.2, 0.25) is 5.75 Å². The van der Waals surface area contributed by atoms with Crippen LogP contribution < -0.4 is 19.5 Å². The normalized spacial score (nSPS) is 11.1. The molecule has 24 heavy (non-hydrogen) atoms. The van der Waals surface area contributed by atoms with Gasteiger partial charge in [0.15, 0.2) is 11.5 Å². The fraction of sp³-hybridized carbons (Fsp3) is 0.312. The third-order valence-electron chi connectivity index (χ3n) is 3.32. The fourth-order valence-corrected chi connectivity index (χ4v) is 2.17. The van der Waals surface area contributed by atoms with E-state index >= 15 is 0 Å². The summed E-state index contributed by atoms with van der Waals surface area (Å²) in [5.74, 6) is 1.46. The zero-order valence-electron chi connectivity index (χ0n) is 13.4. The molecule has 8 heteroatoms. The molecule has 5 nitrogen and oxygen atoms in total. The fourth-order valence-electron chi connectivity index (χ4n) is 2.17. The monoisotopic (exact) mass is 342 g/mol. The van der Waals surface area contributed by atoms with E-state index in [2.05, 4.69) is 10.3 Å². The van der Waals surface area contributed by atoms with Crippen LogP contribution in [0, 0.1) is 0 Å². The quantitative estimate of drug-likeness (QED) is 0.867. The molecule has 1 aromatic carbocycles. The minimum Gasteiger partial charge on any atom is -0.493 e.